The molecule has 1 aliphatic rings. The summed E-state index contributed by atoms with van der Waals surface area (Å²) >= 11 is 0. The summed E-state index contributed by atoms with van der Waals surface area (Å²) in [4.78, 5) is 16.1. The molecule has 1 fully saturated rings. The first kappa shape index (κ1) is 21.1. The highest BCUT2D eigenvalue weighted by Crippen LogP contribution is 2.26. The highest BCUT2D eigenvalue weighted by molar-refractivity contribution is 7.87. The number of oxazole rings is 1. The smallest absolute Gasteiger partial charge is 0.333 e. The quantitative estimate of drug-likeness (QED) is 0.696. The van der Waals surface area contributed by atoms with Crippen LogP contribution in [0.3, 0.4) is 0 Å². The summed E-state index contributed by atoms with van der Waals surface area (Å²) < 4.78 is 64.4. The number of amides is 1. The molecule has 2 aromatic rings. The molecular weight excluding hydrogens is 414 g/mol. The summed E-state index contributed by atoms with van der Waals surface area (Å²) in [6.45, 7) is 1.16. The van der Waals surface area contributed by atoms with E-state index in [-0.39, 0.29) is 48.5 Å². The molecule has 0 aliphatic carbocycles. The summed E-state index contributed by atoms with van der Waals surface area (Å²) in [5, 5.41) is 6.39. The van der Waals surface area contributed by atoms with E-state index >= 15 is 0 Å². The van der Waals surface area contributed by atoms with Crippen molar-refractivity contribution in [2.75, 3.05) is 31.6 Å². The standard InChI is InChI=1S/C15H20F2N6O5S/c1-9-12(10(2)23(20-9)14(16)17)19-15-18-11(8-28-15)13(24)21-29(25,26)22-4-3-6-27-7-5-22/h8,14H,3-7H2,1-2H3,(H,18,19)(H,21,24). The van der Waals surface area contributed by atoms with Crippen molar-refractivity contribution in [1.29, 1.82) is 0 Å². The molecule has 3 heterocycles. The van der Waals surface area contributed by atoms with Crippen molar-refractivity contribution in [2.45, 2.75) is 26.8 Å². The van der Waals surface area contributed by atoms with E-state index in [1.807, 2.05) is 4.72 Å². The number of alkyl halides is 2. The van der Waals surface area contributed by atoms with Gasteiger partial charge in [0.25, 0.3) is 11.9 Å². The van der Waals surface area contributed by atoms with Gasteiger partial charge in [0.15, 0.2) is 5.69 Å². The van der Waals surface area contributed by atoms with Crippen LogP contribution in [-0.2, 0) is 14.9 Å². The molecule has 1 saturated heterocycles. The van der Waals surface area contributed by atoms with Crippen molar-refractivity contribution in [3.05, 3.63) is 23.3 Å². The van der Waals surface area contributed by atoms with Gasteiger partial charge in [-0.25, -0.2) is 9.40 Å². The lowest BCUT2D eigenvalue weighted by atomic mass is 10.3. The monoisotopic (exact) mass is 434 g/mol. The van der Waals surface area contributed by atoms with E-state index in [2.05, 4.69) is 15.4 Å². The molecule has 1 aliphatic heterocycles. The van der Waals surface area contributed by atoms with Crippen molar-refractivity contribution in [1.82, 2.24) is 23.8 Å². The normalized spacial score (nSPS) is 16.0. The lowest BCUT2D eigenvalue weighted by Crippen LogP contribution is -2.44. The number of carbonyl (C=O) groups excluding carboxylic acids is 1. The number of halogens is 2. The Morgan fingerprint density at radius 2 is 2.03 bits per heavy atom. The second kappa shape index (κ2) is 8.42. The third-order valence-electron chi connectivity index (χ3n) is 4.22. The summed E-state index contributed by atoms with van der Waals surface area (Å²) in [6.07, 6.45) is 1.47. The summed E-state index contributed by atoms with van der Waals surface area (Å²) in [6, 6.07) is -0.171. The van der Waals surface area contributed by atoms with Crippen LogP contribution in [0.15, 0.2) is 10.7 Å². The first-order valence-electron chi connectivity index (χ1n) is 8.65. The number of nitrogens with one attached hydrogen (secondary N) is 2. The van der Waals surface area contributed by atoms with Crippen LogP contribution in [-0.4, -0.2) is 59.7 Å². The van der Waals surface area contributed by atoms with Crippen LogP contribution in [0.2, 0.25) is 0 Å². The van der Waals surface area contributed by atoms with Gasteiger partial charge in [-0.3, -0.25) is 4.79 Å². The molecule has 2 N–H and O–H groups in total. The van der Waals surface area contributed by atoms with E-state index in [1.165, 1.54) is 13.8 Å². The zero-order valence-corrected chi connectivity index (χ0v) is 16.5. The lowest BCUT2D eigenvalue weighted by Gasteiger charge is -2.18. The molecule has 14 heteroatoms. The maximum Gasteiger partial charge on any atom is 0.333 e. The van der Waals surface area contributed by atoms with Gasteiger partial charge in [-0.05, 0) is 20.3 Å². The Bertz CT molecular complexity index is 981. The minimum absolute atomic E-state index is 0.126. The van der Waals surface area contributed by atoms with Gasteiger partial charge in [0.05, 0.1) is 23.7 Å². The fourth-order valence-electron chi connectivity index (χ4n) is 2.77. The van der Waals surface area contributed by atoms with Gasteiger partial charge < -0.3 is 14.5 Å². The van der Waals surface area contributed by atoms with Gasteiger partial charge in [-0.1, -0.05) is 0 Å². The van der Waals surface area contributed by atoms with Gasteiger partial charge in [0.2, 0.25) is 0 Å². The van der Waals surface area contributed by atoms with E-state index < -0.39 is 22.7 Å². The van der Waals surface area contributed by atoms with Crippen LogP contribution in [0.1, 0.15) is 34.8 Å². The minimum atomic E-state index is -4.07. The Balaban J connectivity index is 1.70. The molecule has 0 atom stereocenters. The van der Waals surface area contributed by atoms with Gasteiger partial charge >= 0.3 is 16.8 Å². The summed E-state index contributed by atoms with van der Waals surface area (Å²) in [5.74, 6) is -0.983. The molecule has 3 rings (SSSR count). The van der Waals surface area contributed by atoms with E-state index in [4.69, 9.17) is 9.15 Å². The van der Waals surface area contributed by atoms with Crippen molar-refractivity contribution in [3.8, 4) is 0 Å². The molecule has 160 valence electrons. The zero-order valence-electron chi connectivity index (χ0n) is 15.7. The Morgan fingerprint density at radius 3 is 2.72 bits per heavy atom. The molecule has 29 heavy (non-hydrogen) atoms. The van der Waals surface area contributed by atoms with Crippen molar-refractivity contribution < 1.29 is 31.1 Å². The Morgan fingerprint density at radius 1 is 1.28 bits per heavy atom. The Hall–Kier alpha value is -2.58. The molecule has 0 spiro atoms. The first-order valence-corrected chi connectivity index (χ1v) is 10.1. The Kier molecular flexibility index (Phi) is 6.14. The maximum atomic E-state index is 12.9. The molecule has 1 amide bonds. The molecule has 0 radical (unpaired) electrons. The second-order valence-corrected chi connectivity index (χ2v) is 7.90. The van der Waals surface area contributed by atoms with Crippen molar-refractivity contribution in [3.63, 3.8) is 0 Å². The number of carbonyl (C=O) groups is 1. The number of hydrogen-bond acceptors (Lipinski definition) is 8. The van der Waals surface area contributed by atoms with E-state index in [1.54, 1.807) is 0 Å². The number of aryl methyl sites for hydroxylation is 1. The average molecular weight is 434 g/mol. The molecule has 0 bridgehead atoms. The number of anilines is 2. The number of hydrogen-bond donors (Lipinski definition) is 2. The Labute approximate surface area is 165 Å². The van der Waals surface area contributed by atoms with E-state index in [0.29, 0.717) is 17.7 Å². The maximum absolute atomic E-state index is 12.9. The molecule has 0 unspecified atom stereocenters. The zero-order chi connectivity index (χ0) is 21.2. The van der Waals surface area contributed by atoms with Gasteiger partial charge in [-0.2, -0.15) is 31.6 Å². The van der Waals surface area contributed by atoms with Crippen LogP contribution >= 0.6 is 0 Å². The van der Waals surface area contributed by atoms with Gasteiger partial charge in [-0.15, -0.1) is 0 Å². The minimum Gasteiger partial charge on any atom is -0.431 e. The fourth-order valence-corrected chi connectivity index (χ4v) is 3.93. The molecule has 2 aromatic heterocycles. The second-order valence-electron chi connectivity index (χ2n) is 6.23. The molecule has 0 aromatic carbocycles. The lowest BCUT2D eigenvalue weighted by molar-refractivity contribution is 0.0542. The first-order chi connectivity index (χ1) is 13.7. The third-order valence-corrected chi connectivity index (χ3v) is 5.71. The molecule has 0 saturated carbocycles. The van der Waals surface area contributed by atoms with E-state index in [9.17, 15) is 22.0 Å². The topological polar surface area (TPSA) is 132 Å². The highest BCUT2D eigenvalue weighted by Gasteiger charge is 2.27. The largest absolute Gasteiger partial charge is 0.431 e. The number of nitrogens with zero attached hydrogens (tertiary/aromatic N) is 4. The van der Waals surface area contributed by atoms with Crippen LogP contribution in [0.5, 0.6) is 0 Å². The fraction of sp³-hybridized carbons (Fsp3) is 0.533. The van der Waals surface area contributed by atoms with Crippen molar-refractivity contribution >= 4 is 27.8 Å². The van der Waals surface area contributed by atoms with Crippen LogP contribution in [0, 0.1) is 13.8 Å². The molecular formula is C15H20F2N6O5S. The van der Waals surface area contributed by atoms with Gasteiger partial charge in [0.1, 0.15) is 6.26 Å². The third kappa shape index (κ3) is 4.71. The number of rotatable bonds is 6. The molecule has 11 nitrogen and oxygen atoms in total. The predicted octanol–water partition coefficient (Wildman–Crippen LogP) is 1.32. The van der Waals surface area contributed by atoms with Gasteiger partial charge in [0, 0.05) is 19.7 Å². The van der Waals surface area contributed by atoms with Crippen molar-refractivity contribution in [2.24, 2.45) is 0 Å². The highest BCUT2D eigenvalue weighted by atomic mass is 32.2. The SMILES string of the molecule is Cc1nn(C(F)F)c(C)c1Nc1nc(C(=O)NS(=O)(=O)N2CCCOCC2)co1. The van der Waals surface area contributed by atoms with E-state index in [0.717, 1.165) is 10.6 Å². The summed E-state index contributed by atoms with van der Waals surface area (Å²) in [5.41, 5.74) is 0.376. The average Bonchev–Trinajstić information content (AvgIpc) is 3.09. The van der Waals surface area contributed by atoms with Crippen LogP contribution in [0.4, 0.5) is 20.5 Å². The predicted molar refractivity (Wildman–Crippen MR) is 96.1 cm³/mol. The van der Waals surface area contributed by atoms with Crippen LogP contribution < -0.4 is 10.0 Å². The number of ether oxygens (including phenoxy) is 1. The summed E-state index contributed by atoms with van der Waals surface area (Å²) in [7, 11) is -4.07. The van der Waals surface area contributed by atoms with Crippen LogP contribution in [0.25, 0.3) is 0 Å². The number of aromatic nitrogens is 3.